The van der Waals surface area contributed by atoms with Crippen molar-refractivity contribution in [1.29, 1.82) is 0 Å². The molecule has 118 valence electrons. The van der Waals surface area contributed by atoms with Gasteiger partial charge in [0.25, 0.3) is 0 Å². The first-order valence-electron chi connectivity index (χ1n) is 5.87. The van der Waals surface area contributed by atoms with Crippen molar-refractivity contribution in [3.05, 3.63) is 18.3 Å². The number of rotatable bonds is 7. The van der Waals surface area contributed by atoms with Crippen molar-refractivity contribution < 1.29 is 26.4 Å². The van der Waals surface area contributed by atoms with Crippen LogP contribution in [-0.2, 0) is 29.4 Å². The summed E-state index contributed by atoms with van der Waals surface area (Å²) in [6, 6.07) is 2.52. The van der Waals surface area contributed by atoms with Crippen LogP contribution in [0.25, 0.3) is 0 Å². The molecule has 0 radical (unpaired) electrons. The third-order valence-electron chi connectivity index (χ3n) is 2.41. The van der Waals surface area contributed by atoms with E-state index in [4.69, 9.17) is 0 Å². The maximum Gasteiger partial charge on any atom is 0.305 e. The van der Waals surface area contributed by atoms with Crippen LogP contribution in [0.3, 0.4) is 0 Å². The van der Waals surface area contributed by atoms with E-state index in [1.54, 1.807) is 0 Å². The van der Waals surface area contributed by atoms with Crippen LogP contribution in [0.5, 0.6) is 0 Å². The Morgan fingerprint density at radius 2 is 1.95 bits per heavy atom. The van der Waals surface area contributed by atoms with Gasteiger partial charge in [-0.05, 0) is 18.6 Å². The number of ether oxygens (including phenoxy) is 1. The molecule has 0 unspecified atom stereocenters. The summed E-state index contributed by atoms with van der Waals surface area (Å²) >= 11 is 0. The third-order valence-corrected chi connectivity index (χ3v) is 4.79. The van der Waals surface area contributed by atoms with Gasteiger partial charge in [0.05, 0.1) is 24.7 Å². The maximum absolute atomic E-state index is 11.7. The molecular formula is C11H16N2O6S2. The number of nitrogens with zero attached hydrogens (tertiary/aromatic N) is 1. The number of aromatic nitrogens is 1. The zero-order valence-electron chi connectivity index (χ0n) is 11.6. The first-order valence-corrected chi connectivity index (χ1v) is 9.42. The molecule has 0 aliphatic carbocycles. The lowest BCUT2D eigenvalue weighted by Crippen LogP contribution is -2.18. The van der Waals surface area contributed by atoms with Gasteiger partial charge in [0.15, 0.2) is 14.9 Å². The highest BCUT2D eigenvalue weighted by Gasteiger charge is 2.13. The first kappa shape index (κ1) is 17.4. The lowest BCUT2D eigenvalue weighted by Gasteiger charge is -2.07. The molecule has 0 aliphatic rings. The van der Waals surface area contributed by atoms with Crippen LogP contribution >= 0.6 is 0 Å². The van der Waals surface area contributed by atoms with Crippen molar-refractivity contribution in [3.63, 3.8) is 0 Å². The number of carbonyl (C=O) groups excluding carboxylic acids is 1. The molecule has 0 fully saturated rings. The summed E-state index contributed by atoms with van der Waals surface area (Å²) in [4.78, 5) is 14.5. The van der Waals surface area contributed by atoms with Gasteiger partial charge in [0, 0.05) is 12.7 Å². The van der Waals surface area contributed by atoms with Crippen LogP contribution < -0.4 is 4.72 Å². The van der Waals surface area contributed by atoms with Crippen molar-refractivity contribution in [3.8, 4) is 0 Å². The number of carbonyl (C=O) groups is 1. The minimum Gasteiger partial charge on any atom is -0.469 e. The van der Waals surface area contributed by atoms with E-state index in [0.29, 0.717) is 0 Å². The molecule has 0 aliphatic heterocycles. The fraction of sp³-hybridized carbons (Fsp3) is 0.455. The lowest BCUT2D eigenvalue weighted by atomic mass is 10.3. The van der Waals surface area contributed by atoms with Gasteiger partial charge >= 0.3 is 5.97 Å². The number of esters is 1. The summed E-state index contributed by atoms with van der Waals surface area (Å²) in [6.07, 6.45) is 2.25. The van der Waals surface area contributed by atoms with Gasteiger partial charge in [-0.2, -0.15) is 0 Å². The SMILES string of the molecule is COC(=O)CCCS(=O)(=O)Nc1ccc(S(C)(=O)=O)nc1. The summed E-state index contributed by atoms with van der Waals surface area (Å²) in [5.41, 5.74) is 0.153. The van der Waals surface area contributed by atoms with E-state index in [0.717, 1.165) is 12.5 Å². The van der Waals surface area contributed by atoms with Crippen LogP contribution in [0.2, 0.25) is 0 Å². The Hall–Kier alpha value is -1.68. The summed E-state index contributed by atoms with van der Waals surface area (Å²) < 4.78 is 52.6. The van der Waals surface area contributed by atoms with Crippen LogP contribution in [-0.4, -0.2) is 46.9 Å². The van der Waals surface area contributed by atoms with Gasteiger partial charge in [0.1, 0.15) is 0 Å². The molecule has 8 nitrogen and oxygen atoms in total. The van der Waals surface area contributed by atoms with Crippen molar-refractivity contribution >= 4 is 31.5 Å². The monoisotopic (exact) mass is 336 g/mol. The molecule has 1 aromatic rings. The van der Waals surface area contributed by atoms with Crippen LogP contribution in [0, 0.1) is 0 Å². The molecular weight excluding hydrogens is 320 g/mol. The molecule has 1 rings (SSSR count). The zero-order chi connectivity index (χ0) is 16.1. The lowest BCUT2D eigenvalue weighted by molar-refractivity contribution is -0.140. The highest BCUT2D eigenvalue weighted by Crippen LogP contribution is 2.12. The van der Waals surface area contributed by atoms with E-state index in [1.165, 1.54) is 19.2 Å². The van der Waals surface area contributed by atoms with Crippen LogP contribution in [0.15, 0.2) is 23.4 Å². The van der Waals surface area contributed by atoms with Crippen molar-refractivity contribution in [1.82, 2.24) is 4.98 Å². The minimum atomic E-state index is -3.63. The third kappa shape index (κ3) is 6.08. The molecule has 0 bridgehead atoms. The highest BCUT2D eigenvalue weighted by molar-refractivity contribution is 7.92. The van der Waals surface area contributed by atoms with Gasteiger partial charge in [-0.25, -0.2) is 21.8 Å². The molecule has 0 atom stereocenters. The number of anilines is 1. The predicted molar refractivity (Wildman–Crippen MR) is 76.0 cm³/mol. The summed E-state index contributed by atoms with van der Waals surface area (Å²) in [5.74, 6) is -0.736. The standard InChI is InChI=1S/C11H16N2O6S2/c1-19-11(14)4-3-7-21(17,18)13-9-5-6-10(12-8-9)20(2,15)16/h5-6,8,13H,3-4,7H2,1-2H3. The molecule has 0 saturated heterocycles. The van der Waals surface area contributed by atoms with E-state index in [9.17, 15) is 21.6 Å². The quantitative estimate of drug-likeness (QED) is 0.705. The predicted octanol–water partition coefficient (Wildman–Crippen LogP) is 0.180. The fourth-order valence-electron chi connectivity index (χ4n) is 1.40. The number of sulfonamides is 1. The Morgan fingerprint density at radius 1 is 1.29 bits per heavy atom. The maximum atomic E-state index is 11.7. The summed E-state index contributed by atoms with van der Waals surface area (Å²) in [7, 11) is -5.84. The Kier molecular flexibility index (Phi) is 5.67. The van der Waals surface area contributed by atoms with Crippen molar-refractivity contribution in [2.45, 2.75) is 17.9 Å². The Morgan fingerprint density at radius 3 is 2.43 bits per heavy atom. The smallest absolute Gasteiger partial charge is 0.305 e. The second-order valence-corrected chi connectivity index (χ2v) is 8.06. The van der Waals surface area contributed by atoms with Gasteiger partial charge in [-0.3, -0.25) is 9.52 Å². The van der Waals surface area contributed by atoms with Crippen molar-refractivity contribution in [2.24, 2.45) is 0 Å². The number of hydrogen-bond acceptors (Lipinski definition) is 7. The Labute approximate surface area is 123 Å². The summed E-state index contributed by atoms with van der Waals surface area (Å²) in [5, 5.41) is -0.142. The van der Waals surface area contributed by atoms with Gasteiger partial charge in [-0.15, -0.1) is 0 Å². The van der Waals surface area contributed by atoms with E-state index >= 15 is 0 Å². The Balaban J connectivity index is 2.65. The fourth-order valence-corrected chi connectivity index (χ4v) is 3.06. The second kappa shape index (κ2) is 6.85. The normalized spacial score (nSPS) is 11.9. The molecule has 1 aromatic heterocycles. The minimum absolute atomic E-state index is 0.00265. The number of nitrogens with one attached hydrogen (secondary N) is 1. The number of pyridine rings is 1. The molecule has 0 spiro atoms. The van der Waals surface area contributed by atoms with Crippen molar-refractivity contribution in [2.75, 3.05) is 23.8 Å². The molecule has 1 N–H and O–H groups in total. The highest BCUT2D eigenvalue weighted by atomic mass is 32.2. The average molecular weight is 336 g/mol. The zero-order valence-corrected chi connectivity index (χ0v) is 13.2. The van der Waals surface area contributed by atoms with Crippen LogP contribution in [0.4, 0.5) is 5.69 Å². The molecule has 1 heterocycles. The van der Waals surface area contributed by atoms with Gasteiger partial charge in [0.2, 0.25) is 10.0 Å². The second-order valence-electron chi connectivity index (χ2n) is 4.26. The number of methoxy groups -OCH3 is 1. The molecule has 10 heteroatoms. The Bertz CT molecular complexity index is 695. The average Bonchev–Trinajstić information content (AvgIpc) is 2.37. The first-order chi connectivity index (χ1) is 9.64. The van der Waals surface area contributed by atoms with E-state index < -0.39 is 25.8 Å². The molecule has 21 heavy (non-hydrogen) atoms. The van der Waals surface area contributed by atoms with E-state index in [1.807, 2.05) is 0 Å². The topological polar surface area (TPSA) is 119 Å². The van der Waals surface area contributed by atoms with E-state index in [-0.39, 0.29) is 29.3 Å². The number of hydrogen-bond donors (Lipinski definition) is 1. The summed E-state index contributed by atoms with van der Waals surface area (Å²) in [6.45, 7) is 0. The molecule has 0 aromatic carbocycles. The molecule has 0 amide bonds. The number of sulfone groups is 1. The largest absolute Gasteiger partial charge is 0.469 e. The van der Waals surface area contributed by atoms with Gasteiger partial charge in [-0.1, -0.05) is 0 Å². The van der Waals surface area contributed by atoms with Crippen LogP contribution in [0.1, 0.15) is 12.8 Å². The van der Waals surface area contributed by atoms with Gasteiger partial charge < -0.3 is 4.74 Å². The van der Waals surface area contributed by atoms with E-state index in [2.05, 4.69) is 14.4 Å². The molecule has 0 saturated carbocycles.